The summed E-state index contributed by atoms with van der Waals surface area (Å²) < 4.78 is 79.5. The summed E-state index contributed by atoms with van der Waals surface area (Å²) in [4.78, 5) is 0. The van der Waals surface area contributed by atoms with Gasteiger partial charge < -0.3 is 0 Å². The molecule has 0 spiro atoms. The van der Waals surface area contributed by atoms with Gasteiger partial charge in [-0.2, -0.15) is 26.3 Å². The molecule has 201 valence electrons. The number of alkyl halides is 6. The van der Waals surface area contributed by atoms with E-state index in [0.717, 1.165) is 29.8 Å². The monoisotopic (exact) mass is 557 g/mol. The molecule has 0 aromatic heterocycles. The minimum atomic E-state index is -4.47. The van der Waals surface area contributed by atoms with E-state index in [0.29, 0.717) is 10.6 Å². The molecule has 1 unspecified atom stereocenters. The van der Waals surface area contributed by atoms with Crippen LogP contribution in [0.15, 0.2) is 66.3 Å². The van der Waals surface area contributed by atoms with Gasteiger partial charge in [0.05, 0.1) is 11.1 Å². The molecule has 0 fully saturated rings. The summed E-state index contributed by atoms with van der Waals surface area (Å²) in [5.74, 6) is 0. The van der Waals surface area contributed by atoms with Crippen LogP contribution in [0.4, 0.5) is 26.3 Å². The van der Waals surface area contributed by atoms with Crippen LogP contribution in [0.2, 0.25) is 0 Å². The van der Waals surface area contributed by atoms with Crippen molar-refractivity contribution in [2.24, 2.45) is 0 Å². The highest BCUT2D eigenvalue weighted by Gasteiger charge is 2.42. The Morgan fingerprint density at radius 1 is 0.676 bits per heavy atom. The number of benzene rings is 2. The van der Waals surface area contributed by atoms with Crippen molar-refractivity contribution in [3.8, 4) is 0 Å². The van der Waals surface area contributed by atoms with Crippen LogP contribution in [-0.4, -0.2) is 21.6 Å². The normalized spacial score (nSPS) is 18.0. The van der Waals surface area contributed by atoms with Crippen LogP contribution >= 0.6 is 15.8 Å². The minimum absolute atomic E-state index is 0.0281. The molecule has 37 heavy (non-hydrogen) atoms. The maximum atomic E-state index is 13.3. The second-order valence-electron chi connectivity index (χ2n) is 11.3. The Morgan fingerprint density at radius 2 is 1.05 bits per heavy atom. The Kier molecular flexibility index (Phi) is 8.48. The predicted molar refractivity (Wildman–Crippen MR) is 145 cm³/mol. The molecule has 0 nitrogen and oxygen atoms in total. The number of allylic oxidation sites excluding steroid dienone is 4. The second kappa shape index (κ2) is 10.5. The van der Waals surface area contributed by atoms with Gasteiger partial charge in [-0.05, 0) is 64.8 Å². The molecule has 0 heterocycles. The molecule has 0 aliphatic heterocycles. The molecule has 8 heteroatoms. The number of hydrogen-bond donors (Lipinski definition) is 0. The number of hydrogen-bond acceptors (Lipinski definition) is 0. The zero-order chi connectivity index (χ0) is 28.0. The van der Waals surface area contributed by atoms with E-state index < -0.39 is 39.3 Å². The lowest BCUT2D eigenvalue weighted by Gasteiger charge is -2.47. The topological polar surface area (TPSA) is 0 Å². The Labute approximate surface area is 218 Å². The van der Waals surface area contributed by atoms with Gasteiger partial charge in [0.15, 0.2) is 0 Å². The van der Waals surface area contributed by atoms with Crippen molar-refractivity contribution < 1.29 is 26.3 Å². The zero-order valence-corrected chi connectivity index (χ0v) is 23.9. The summed E-state index contributed by atoms with van der Waals surface area (Å²) in [5.41, 5.74) is -0.445. The van der Waals surface area contributed by atoms with Crippen LogP contribution in [-0.2, 0) is 12.4 Å². The molecule has 3 rings (SSSR count). The van der Waals surface area contributed by atoms with Crippen LogP contribution < -0.4 is 10.6 Å². The van der Waals surface area contributed by atoms with Gasteiger partial charge in [0, 0.05) is 11.3 Å². The maximum absolute atomic E-state index is 13.3. The van der Waals surface area contributed by atoms with E-state index >= 15 is 0 Å². The quantitative estimate of drug-likeness (QED) is 0.254. The molecule has 1 radical (unpaired) electrons. The van der Waals surface area contributed by atoms with Crippen LogP contribution in [0.3, 0.4) is 0 Å². The van der Waals surface area contributed by atoms with Gasteiger partial charge in [-0.15, -0.1) is 0 Å². The van der Waals surface area contributed by atoms with Crippen molar-refractivity contribution in [2.75, 3.05) is 0 Å². The fourth-order valence-electron chi connectivity index (χ4n) is 5.42. The number of rotatable bonds is 5. The Morgan fingerprint density at radius 3 is 1.38 bits per heavy atom. The molecule has 0 bridgehead atoms. The fourth-order valence-corrected chi connectivity index (χ4v) is 13.1. The van der Waals surface area contributed by atoms with E-state index in [2.05, 4.69) is 54.5 Å². The largest absolute Gasteiger partial charge is 0.416 e. The van der Waals surface area contributed by atoms with Gasteiger partial charge in [-0.3, -0.25) is 0 Å². The summed E-state index contributed by atoms with van der Waals surface area (Å²) in [6, 6.07) is 10.1. The van der Waals surface area contributed by atoms with Crippen molar-refractivity contribution in [3.05, 3.63) is 83.5 Å². The van der Waals surface area contributed by atoms with Crippen molar-refractivity contribution in [1.82, 2.24) is 0 Å². The van der Waals surface area contributed by atoms with Crippen molar-refractivity contribution >= 4 is 26.5 Å². The van der Waals surface area contributed by atoms with Crippen LogP contribution in [0.5, 0.6) is 0 Å². The molecule has 1 aliphatic rings. The highest BCUT2D eigenvalue weighted by molar-refractivity contribution is 7.74. The Bertz CT molecular complexity index is 1060. The molecule has 1 aliphatic carbocycles. The van der Waals surface area contributed by atoms with Gasteiger partial charge in [-0.1, -0.05) is 92.8 Å². The lowest BCUT2D eigenvalue weighted by molar-refractivity contribution is -0.138. The summed E-state index contributed by atoms with van der Waals surface area (Å²) in [6.45, 7) is 15.6. The average molecular weight is 558 g/mol. The number of halogens is 6. The Hall–Kier alpha value is -1.64. The zero-order valence-electron chi connectivity index (χ0n) is 22.1. The van der Waals surface area contributed by atoms with Gasteiger partial charge in [0.25, 0.3) is 0 Å². The molecule has 2 aromatic rings. The highest BCUT2D eigenvalue weighted by Crippen LogP contribution is 2.65. The molecule has 0 saturated carbocycles. The Balaban J connectivity index is 2.11. The first kappa shape index (κ1) is 29.9. The van der Waals surface area contributed by atoms with Crippen molar-refractivity contribution in [3.63, 3.8) is 0 Å². The van der Waals surface area contributed by atoms with E-state index in [4.69, 9.17) is 0 Å². The summed E-state index contributed by atoms with van der Waals surface area (Å²) >= 11 is 0. The average Bonchev–Trinajstić information content (AvgIpc) is 3.21. The molecule has 0 N–H and O–H groups in total. The summed E-state index contributed by atoms with van der Waals surface area (Å²) in [5, 5.41) is 1.42. The van der Waals surface area contributed by atoms with E-state index in [-0.39, 0.29) is 21.6 Å². The van der Waals surface area contributed by atoms with Crippen LogP contribution in [0.25, 0.3) is 0 Å². The van der Waals surface area contributed by atoms with E-state index in [1.165, 1.54) is 24.3 Å². The predicted octanol–water partition coefficient (Wildman–Crippen LogP) is 9.29. The first-order valence-electron chi connectivity index (χ1n) is 12.0. The first-order valence-corrected chi connectivity index (χ1v) is 14.9. The minimum Gasteiger partial charge on any atom is -0.166 e. The van der Waals surface area contributed by atoms with Gasteiger partial charge in [-0.25, -0.2) is 0 Å². The maximum Gasteiger partial charge on any atom is 0.416 e. The highest BCUT2D eigenvalue weighted by atomic mass is 31.1. The molecule has 0 saturated heterocycles. The smallest absolute Gasteiger partial charge is 0.166 e. The molecular formula is C29H33F6P2. The molecule has 0 amide bonds. The molecule has 2 atom stereocenters. The molecule has 2 aromatic carbocycles. The lowest BCUT2D eigenvalue weighted by atomic mass is 10.1. The van der Waals surface area contributed by atoms with Crippen molar-refractivity contribution in [2.45, 2.75) is 82.4 Å². The van der Waals surface area contributed by atoms with E-state index in [1.54, 1.807) is 0 Å². The third-order valence-corrected chi connectivity index (χ3v) is 13.0. The standard InChI is InChI=1S/C29H33F6P2/c1-19(37(26(2,3)4)27(5,6)7)24-9-8-10-25(24)36(22-15-11-20(12-16-22)28(30,31)32)23-17-13-21(14-18-23)29(33,34)35/h8,10-19,25H,1-7H3/t19-,25?/m0/s1. The molecular weight excluding hydrogens is 524 g/mol. The van der Waals surface area contributed by atoms with Gasteiger partial charge in [0.2, 0.25) is 0 Å². The SMILES string of the molecule is C[C@@H](C1=[C]C=CC1P(c1ccc(C(F)(F)F)cc1)c1ccc(C(F)(F)F)cc1)P(C(C)(C)C)C(C)(C)C. The third kappa shape index (κ3) is 6.87. The van der Waals surface area contributed by atoms with E-state index in [1.807, 2.05) is 12.2 Å². The van der Waals surface area contributed by atoms with E-state index in [9.17, 15) is 26.3 Å². The third-order valence-electron chi connectivity index (χ3n) is 6.35. The van der Waals surface area contributed by atoms with Crippen LogP contribution in [0.1, 0.15) is 59.6 Å². The van der Waals surface area contributed by atoms with Gasteiger partial charge >= 0.3 is 12.4 Å². The fraction of sp³-hybridized carbons (Fsp3) is 0.448. The van der Waals surface area contributed by atoms with Gasteiger partial charge in [0.1, 0.15) is 0 Å². The lowest BCUT2D eigenvalue weighted by Crippen LogP contribution is -2.33. The first-order chi connectivity index (χ1) is 16.8. The summed E-state index contributed by atoms with van der Waals surface area (Å²) in [7, 11) is -1.90. The second-order valence-corrected chi connectivity index (χ2v) is 17.8. The van der Waals surface area contributed by atoms with Crippen molar-refractivity contribution in [1.29, 1.82) is 0 Å². The summed E-state index contributed by atoms with van der Waals surface area (Å²) in [6.07, 6.45) is -1.64. The van der Waals surface area contributed by atoms with Crippen LogP contribution in [0, 0.1) is 6.08 Å².